The van der Waals surface area contributed by atoms with Gasteiger partial charge in [0, 0.05) is 6.04 Å². The molecule has 0 aliphatic heterocycles. The van der Waals surface area contributed by atoms with Gasteiger partial charge in [0.25, 0.3) is 0 Å². The molecule has 2 N–H and O–H groups in total. The summed E-state index contributed by atoms with van der Waals surface area (Å²) in [6.45, 7) is 4.19. The van der Waals surface area contributed by atoms with Crippen LogP contribution in [0.2, 0.25) is 0 Å². The minimum absolute atomic E-state index is 0.0878. The van der Waals surface area contributed by atoms with Crippen molar-refractivity contribution in [2.75, 3.05) is 0 Å². The lowest BCUT2D eigenvalue weighted by molar-refractivity contribution is 0.819. The minimum atomic E-state index is 0.0878. The fraction of sp³-hybridized carbons (Fsp3) is 0.250. The largest absolute Gasteiger partial charge is 0.324 e. The molecule has 0 aromatic heterocycles. The summed E-state index contributed by atoms with van der Waals surface area (Å²) in [5.41, 5.74) is 11.0. The van der Waals surface area contributed by atoms with Crippen molar-refractivity contribution in [3.8, 4) is 11.1 Å². The maximum absolute atomic E-state index is 5.91. The number of hydrogen-bond acceptors (Lipinski definition) is 1. The molecule has 0 spiro atoms. The average molecular weight is 225 g/mol. The van der Waals surface area contributed by atoms with Gasteiger partial charge in [0.1, 0.15) is 0 Å². The fourth-order valence-corrected chi connectivity index (χ4v) is 1.93. The van der Waals surface area contributed by atoms with Crippen LogP contribution >= 0.6 is 0 Å². The molecule has 0 amide bonds. The number of rotatable bonds is 3. The lowest BCUT2D eigenvalue weighted by Gasteiger charge is -2.08. The molecule has 0 saturated heterocycles. The highest BCUT2D eigenvalue weighted by Gasteiger charge is 2.02. The van der Waals surface area contributed by atoms with Crippen LogP contribution in [0.15, 0.2) is 48.5 Å². The Balaban J connectivity index is 2.35. The summed E-state index contributed by atoms with van der Waals surface area (Å²) in [5, 5.41) is 0. The van der Waals surface area contributed by atoms with E-state index >= 15 is 0 Å². The molecular weight excluding hydrogens is 206 g/mol. The first kappa shape index (κ1) is 11.9. The van der Waals surface area contributed by atoms with Crippen LogP contribution in [-0.4, -0.2) is 0 Å². The Kier molecular flexibility index (Phi) is 3.60. The second-order valence-corrected chi connectivity index (χ2v) is 4.46. The van der Waals surface area contributed by atoms with Crippen molar-refractivity contribution in [3.05, 3.63) is 59.7 Å². The van der Waals surface area contributed by atoms with Crippen molar-refractivity contribution in [1.29, 1.82) is 0 Å². The van der Waals surface area contributed by atoms with Crippen molar-refractivity contribution in [2.24, 2.45) is 5.73 Å². The second-order valence-electron chi connectivity index (χ2n) is 4.46. The molecule has 0 heterocycles. The van der Waals surface area contributed by atoms with Crippen LogP contribution in [0.1, 0.15) is 31.0 Å². The monoisotopic (exact) mass is 225 g/mol. The lowest BCUT2D eigenvalue weighted by Crippen LogP contribution is -2.04. The molecule has 1 unspecified atom stereocenters. The molecule has 1 heteroatoms. The van der Waals surface area contributed by atoms with Gasteiger partial charge in [-0.2, -0.15) is 0 Å². The molecule has 0 aliphatic rings. The molecule has 0 radical (unpaired) electrons. The predicted octanol–water partition coefficient (Wildman–Crippen LogP) is 3.94. The van der Waals surface area contributed by atoms with Gasteiger partial charge >= 0.3 is 0 Å². The Bertz CT molecular complexity index is 483. The van der Waals surface area contributed by atoms with E-state index in [1.54, 1.807) is 0 Å². The summed E-state index contributed by atoms with van der Waals surface area (Å²) in [6, 6.07) is 17.3. The van der Waals surface area contributed by atoms with E-state index in [1.165, 1.54) is 22.3 Å². The first-order valence-electron chi connectivity index (χ1n) is 6.15. The van der Waals surface area contributed by atoms with Gasteiger partial charge in [-0.15, -0.1) is 0 Å². The van der Waals surface area contributed by atoms with E-state index in [0.717, 1.165) is 6.42 Å². The lowest BCUT2D eigenvalue weighted by atomic mass is 9.99. The Morgan fingerprint density at radius 2 is 1.71 bits per heavy atom. The van der Waals surface area contributed by atoms with Crippen LogP contribution in [0.3, 0.4) is 0 Å². The molecule has 0 saturated carbocycles. The molecule has 2 rings (SSSR count). The summed E-state index contributed by atoms with van der Waals surface area (Å²) in [6.07, 6.45) is 1.08. The number of aryl methyl sites for hydroxylation is 1. The maximum Gasteiger partial charge on any atom is 0.0266 e. The van der Waals surface area contributed by atoms with E-state index in [-0.39, 0.29) is 6.04 Å². The Hall–Kier alpha value is -1.60. The molecule has 2 aromatic rings. The van der Waals surface area contributed by atoms with Crippen LogP contribution in [-0.2, 0) is 6.42 Å². The van der Waals surface area contributed by atoms with Crippen LogP contribution in [0.5, 0.6) is 0 Å². The smallest absolute Gasteiger partial charge is 0.0266 e. The van der Waals surface area contributed by atoms with Crippen molar-refractivity contribution in [1.82, 2.24) is 0 Å². The van der Waals surface area contributed by atoms with E-state index in [1.807, 2.05) is 6.92 Å². The van der Waals surface area contributed by atoms with Crippen LogP contribution in [0.4, 0.5) is 0 Å². The van der Waals surface area contributed by atoms with Gasteiger partial charge in [-0.1, -0.05) is 49.4 Å². The quantitative estimate of drug-likeness (QED) is 0.841. The van der Waals surface area contributed by atoms with Gasteiger partial charge in [-0.25, -0.2) is 0 Å². The van der Waals surface area contributed by atoms with E-state index in [4.69, 9.17) is 5.73 Å². The van der Waals surface area contributed by atoms with Gasteiger partial charge in [0.2, 0.25) is 0 Å². The zero-order valence-electron chi connectivity index (χ0n) is 10.5. The summed E-state index contributed by atoms with van der Waals surface area (Å²) in [5.74, 6) is 0. The second kappa shape index (κ2) is 5.15. The van der Waals surface area contributed by atoms with E-state index in [9.17, 15) is 0 Å². The molecule has 17 heavy (non-hydrogen) atoms. The Labute approximate surface area is 103 Å². The molecule has 1 nitrogen and oxygen atoms in total. The maximum atomic E-state index is 5.91. The topological polar surface area (TPSA) is 26.0 Å². The molecule has 2 aromatic carbocycles. The third kappa shape index (κ3) is 2.75. The highest BCUT2D eigenvalue weighted by atomic mass is 14.6. The highest BCUT2D eigenvalue weighted by molar-refractivity contribution is 5.64. The summed E-state index contributed by atoms with van der Waals surface area (Å²) < 4.78 is 0. The van der Waals surface area contributed by atoms with E-state index in [2.05, 4.69) is 55.5 Å². The minimum Gasteiger partial charge on any atom is -0.324 e. The first-order chi connectivity index (χ1) is 8.20. The van der Waals surface area contributed by atoms with E-state index < -0.39 is 0 Å². The zero-order valence-corrected chi connectivity index (χ0v) is 10.5. The molecule has 0 bridgehead atoms. The standard InChI is InChI=1S/C16H19N/c1-3-13-7-9-14(10-8-13)16-6-4-5-15(11-16)12(2)17/h4-12H,3,17H2,1-2H3. The van der Waals surface area contributed by atoms with Gasteiger partial charge < -0.3 is 5.73 Å². The predicted molar refractivity (Wildman–Crippen MR) is 73.9 cm³/mol. The molecule has 0 fully saturated rings. The van der Waals surface area contributed by atoms with Gasteiger partial charge in [0.15, 0.2) is 0 Å². The van der Waals surface area contributed by atoms with Crippen molar-refractivity contribution >= 4 is 0 Å². The molecule has 88 valence electrons. The van der Waals surface area contributed by atoms with Crippen molar-refractivity contribution in [2.45, 2.75) is 26.3 Å². The number of hydrogen-bond donors (Lipinski definition) is 1. The Morgan fingerprint density at radius 3 is 2.29 bits per heavy atom. The summed E-state index contributed by atoms with van der Waals surface area (Å²) in [4.78, 5) is 0. The van der Waals surface area contributed by atoms with Gasteiger partial charge in [-0.3, -0.25) is 0 Å². The third-order valence-electron chi connectivity index (χ3n) is 3.11. The number of benzene rings is 2. The summed E-state index contributed by atoms with van der Waals surface area (Å²) >= 11 is 0. The fourth-order valence-electron chi connectivity index (χ4n) is 1.93. The van der Waals surface area contributed by atoms with E-state index in [0.29, 0.717) is 0 Å². The van der Waals surface area contributed by atoms with Gasteiger partial charge in [-0.05, 0) is 41.7 Å². The Morgan fingerprint density at radius 1 is 1.00 bits per heavy atom. The van der Waals surface area contributed by atoms with Gasteiger partial charge in [0.05, 0.1) is 0 Å². The first-order valence-corrected chi connectivity index (χ1v) is 6.15. The third-order valence-corrected chi connectivity index (χ3v) is 3.11. The van der Waals surface area contributed by atoms with Crippen LogP contribution in [0, 0.1) is 0 Å². The molecular formula is C16H19N. The van der Waals surface area contributed by atoms with Crippen molar-refractivity contribution < 1.29 is 0 Å². The van der Waals surface area contributed by atoms with Crippen LogP contribution < -0.4 is 5.73 Å². The normalized spacial score (nSPS) is 12.4. The van der Waals surface area contributed by atoms with Crippen molar-refractivity contribution in [3.63, 3.8) is 0 Å². The SMILES string of the molecule is CCc1ccc(-c2cccc(C(C)N)c2)cc1. The highest BCUT2D eigenvalue weighted by Crippen LogP contribution is 2.23. The molecule has 0 aliphatic carbocycles. The summed E-state index contributed by atoms with van der Waals surface area (Å²) in [7, 11) is 0. The zero-order chi connectivity index (χ0) is 12.3. The molecule has 1 atom stereocenters. The van der Waals surface area contributed by atoms with Crippen LogP contribution in [0.25, 0.3) is 11.1 Å². The average Bonchev–Trinajstić information content (AvgIpc) is 2.39. The number of nitrogens with two attached hydrogens (primary N) is 1.